The molecule has 0 saturated carbocycles. The number of nitrogen functional groups attached to an aromatic ring is 1. The smallest absolute Gasteiger partial charge is 0.462 e. The Morgan fingerprint density at radius 2 is 1.21 bits per heavy atom. The normalized spacial score (nSPS) is 22.5. The molecule has 0 amide bonds. The number of nitrogens with two attached hydrogens (primary N) is 1. The number of esters is 2. The summed E-state index contributed by atoms with van der Waals surface area (Å²) in [6, 6.07) is 1.24. The van der Waals surface area contributed by atoms with Crippen LogP contribution in [0, 0.1) is 0 Å². The Kier molecular flexibility index (Phi) is 31.5. The number of epoxide rings is 1. The molecular weight excluding hydrogens is 985 g/mol. The van der Waals surface area contributed by atoms with Crippen LogP contribution in [0.2, 0.25) is 0 Å². The molecule has 1 aromatic heterocycles. The third kappa shape index (κ3) is 28.8. The lowest BCUT2D eigenvalue weighted by Gasteiger charge is -2.21. The van der Waals surface area contributed by atoms with Crippen LogP contribution in [0.25, 0.3) is 0 Å². The van der Waals surface area contributed by atoms with Crippen molar-refractivity contribution >= 4 is 33.4 Å². The molecule has 0 aliphatic carbocycles. The van der Waals surface area contributed by atoms with E-state index in [4.69, 9.17) is 33.7 Å². The number of ether oxygens (including phenoxy) is 4. The number of nitrogens with zero attached hydrogens (tertiary/aromatic N) is 2. The summed E-state index contributed by atoms with van der Waals surface area (Å²) in [5.74, 6) is -1.43. The Hall–Kier alpha value is -4.36. The number of aliphatic hydroxyl groups is 2. The molecule has 21 heteroatoms. The lowest BCUT2D eigenvalue weighted by Crippen LogP contribution is -2.36. The van der Waals surface area contributed by atoms with Crippen molar-refractivity contribution in [3.63, 3.8) is 0 Å². The predicted octanol–water partition coefficient (Wildman–Crippen LogP) is 9.43. The summed E-state index contributed by atoms with van der Waals surface area (Å²) in [4.78, 5) is 61.9. The number of rotatable bonds is 39. The van der Waals surface area contributed by atoms with E-state index in [1.807, 2.05) is 18.2 Å². The molecule has 0 spiro atoms. The van der Waals surface area contributed by atoms with E-state index < -0.39 is 83.7 Å². The van der Waals surface area contributed by atoms with E-state index in [-0.39, 0.29) is 18.7 Å². The van der Waals surface area contributed by atoms with Crippen LogP contribution in [0.3, 0.4) is 0 Å². The number of hydrogen-bond acceptors (Lipinski definition) is 16. The summed E-state index contributed by atoms with van der Waals surface area (Å²) in [7, 11) is -10.9. The van der Waals surface area contributed by atoms with Crippen LogP contribution < -0.4 is 11.4 Å². The van der Waals surface area contributed by atoms with Gasteiger partial charge in [-0.2, -0.15) is 9.29 Å². The molecule has 3 rings (SSSR count). The van der Waals surface area contributed by atoms with Crippen LogP contribution in [0.1, 0.15) is 136 Å². The molecule has 4 unspecified atom stereocenters. The number of aliphatic hydroxyl groups excluding tert-OH is 2. The van der Waals surface area contributed by atoms with Gasteiger partial charge in [0.15, 0.2) is 12.3 Å². The molecule has 0 aromatic carbocycles. The molecule has 2 fully saturated rings. The lowest BCUT2D eigenvalue weighted by atomic mass is 10.1. The Balaban J connectivity index is 1.42. The lowest BCUT2D eigenvalue weighted by molar-refractivity contribution is -0.161. The Morgan fingerprint density at radius 1 is 0.671 bits per heavy atom. The van der Waals surface area contributed by atoms with Gasteiger partial charge in [0.1, 0.15) is 30.7 Å². The van der Waals surface area contributed by atoms with Gasteiger partial charge in [0.25, 0.3) is 0 Å². The minimum absolute atomic E-state index is 0.0835. The standard InChI is InChI=1S/C52H79N3O16P2/c1-3-5-7-8-9-10-11-12-13-14-18-21-24-27-31-35-47(56)65-39-42(68-48(57)36-32-28-25-22-19-16-15-17-20-23-26-30-34-44-43(69-44)33-29-6-4-2)40-66-72(61,62)71-73(63,64)67-41-45-49(58)50(59)51(70-45)55-38-37-46(53)54-52(55)60/h5-7,9-10,12-13,16-17,19-20,25-26,28-30,37-38,42-45,49-51,58-59H,3-4,8,11,14-15,18,21-24,27,31-36,39-41H2,1-2H3,(H,61,62)(H,63,64)(H2,53,54,60)/b7-5-,10-9-,13-12-,19-16-,20-17-,28-25-,29-6-,30-26-/t42-,43?,44?,45-,49-,50-,51-/m1/s1. The number of unbranched alkanes of at least 4 members (excludes halogenated alkanes) is 5. The highest BCUT2D eigenvalue weighted by molar-refractivity contribution is 7.61. The predicted molar refractivity (Wildman–Crippen MR) is 279 cm³/mol. The Morgan fingerprint density at radius 3 is 1.84 bits per heavy atom. The first-order chi connectivity index (χ1) is 35.1. The van der Waals surface area contributed by atoms with Crippen LogP contribution in [-0.4, -0.2) is 97.9 Å². The minimum atomic E-state index is -5.45. The molecule has 19 nitrogen and oxygen atoms in total. The second-order valence-electron chi connectivity index (χ2n) is 17.3. The van der Waals surface area contributed by atoms with Gasteiger partial charge in [0.05, 0.1) is 25.4 Å². The summed E-state index contributed by atoms with van der Waals surface area (Å²) in [6.45, 7) is 1.82. The first kappa shape index (κ1) is 62.9. The van der Waals surface area contributed by atoms with Crippen molar-refractivity contribution in [2.24, 2.45) is 0 Å². The quantitative estimate of drug-likeness (QED) is 0.0135. The van der Waals surface area contributed by atoms with E-state index in [2.05, 4.69) is 96.1 Å². The Labute approximate surface area is 430 Å². The van der Waals surface area contributed by atoms with Crippen LogP contribution in [0.5, 0.6) is 0 Å². The Bertz CT molecular complexity index is 2170. The van der Waals surface area contributed by atoms with E-state index in [9.17, 15) is 43.5 Å². The molecule has 2 aliphatic heterocycles. The molecule has 6 N–H and O–H groups in total. The van der Waals surface area contributed by atoms with Crippen molar-refractivity contribution in [3.8, 4) is 0 Å². The average molecular weight is 1060 g/mol. The molecule has 9 atom stereocenters. The van der Waals surface area contributed by atoms with Gasteiger partial charge in [-0.3, -0.25) is 23.2 Å². The van der Waals surface area contributed by atoms with Crippen LogP contribution in [0.4, 0.5) is 5.82 Å². The highest BCUT2D eigenvalue weighted by Crippen LogP contribution is 2.60. The zero-order valence-electron chi connectivity index (χ0n) is 42.3. The topological polar surface area (TPSA) is 278 Å². The monoisotopic (exact) mass is 1060 g/mol. The summed E-state index contributed by atoms with van der Waals surface area (Å²) >= 11 is 0. The molecule has 0 bridgehead atoms. The van der Waals surface area contributed by atoms with Gasteiger partial charge < -0.3 is 44.7 Å². The van der Waals surface area contributed by atoms with Gasteiger partial charge in [-0.25, -0.2) is 13.9 Å². The fourth-order valence-electron chi connectivity index (χ4n) is 7.10. The van der Waals surface area contributed by atoms with Crippen LogP contribution >= 0.6 is 15.6 Å². The molecule has 2 saturated heterocycles. The van der Waals surface area contributed by atoms with Crippen LogP contribution in [0.15, 0.2) is 114 Å². The maximum Gasteiger partial charge on any atom is 0.481 e. The number of phosphoric acid groups is 2. The van der Waals surface area contributed by atoms with E-state index in [1.165, 1.54) is 6.07 Å². The second kappa shape index (κ2) is 36.6. The maximum atomic E-state index is 12.9. The second-order valence-corrected chi connectivity index (χ2v) is 20.3. The molecule has 408 valence electrons. The molecule has 3 heterocycles. The molecule has 0 radical (unpaired) electrons. The van der Waals surface area contributed by atoms with Crippen molar-refractivity contribution in [1.29, 1.82) is 0 Å². The van der Waals surface area contributed by atoms with E-state index >= 15 is 0 Å². The third-order valence-electron chi connectivity index (χ3n) is 11.1. The van der Waals surface area contributed by atoms with Gasteiger partial charge in [0, 0.05) is 19.0 Å². The summed E-state index contributed by atoms with van der Waals surface area (Å²) in [5, 5.41) is 20.9. The summed E-state index contributed by atoms with van der Waals surface area (Å²) in [5.41, 5.74) is 4.58. The summed E-state index contributed by atoms with van der Waals surface area (Å²) in [6.07, 6.45) is 41.2. The van der Waals surface area contributed by atoms with Crippen molar-refractivity contribution < 1.29 is 71.0 Å². The SMILES string of the molecule is CC/C=C\C/C=C\C/C=C\CCCCCCCC(=O)OC[C@H](COP(=O)(O)OP(=O)(O)OC[C@H]1O[C@@H](n2ccc(N)nc2=O)[C@H](O)[C@@H]1O)OC(=O)CC/C=C\C/C=C\C/C=C\C/C=C\CC1OC1C/C=C\CC. The molecule has 73 heavy (non-hydrogen) atoms. The van der Waals surface area contributed by atoms with E-state index in [1.54, 1.807) is 6.08 Å². The number of phosphoric ester groups is 2. The largest absolute Gasteiger partial charge is 0.481 e. The van der Waals surface area contributed by atoms with Crippen LogP contribution in [-0.2, 0) is 51.0 Å². The van der Waals surface area contributed by atoms with Crippen molar-refractivity contribution in [2.75, 3.05) is 25.6 Å². The fourth-order valence-corrected chi connectivity index (χ4v) is 9.21. The molecule has 2 aliphatic rings. The number of hydrogen-bond donors (Lipinski definition) is 5. The third-order valence-corrected chi connectivity index (χ3v) is 13.7. The zero-order chi connectivity index (χ0) is 53.2. The van der Waals surface area contributed by atoms with Gasteiger partial charge in [-0.05, 0) is 89.5 Å². The highest BCUT2D eigenvalue weighted by atomic mass is 31.3. The molecule has 1 aromatic rings. The number of anilines is 1. The zero-order valence-corrected chi connectivity index (χ0v) is 44.1. The van der Waals surface area contributed by atoms with Crippen molar-refractivity contribution in [2.45, 2.75) is 172 Å². The van der Waals surface area contributed by atoms with E-state index in [0.717, 1.165) is 94.2 Å². The maximum absolute atomic E-state index is 12.9. The summed E-state index contributed by atoms with van der Waals surface area (Å²) < 4.78 is 62.4. The number of carbonyl (C=O) groups excluding carboxylic acids is 2. The fraction of sp³-hybridized carbons (Fsp3) is 0.577. The molecular formula is C52H79N3O16P2. The number of carbonyl (C=O) groups is 2. The van der Waals surface area contributed by atoms with E-state index in [0.29, 0.717) is 31.5 Å². The van der Waals surface area contributed by atoms with Gasteiger partial charge in [0.2, 0.25) is 0 Å². The number of aromatic nitrogens is 2. The average Bonchev–Trinajstić information content (AvgIpc) is 4.04. The van der Waals surface area contributed by atoms with Gasteiger partial charge in [-0.1, -0.05) is 130 Å². The van der Waals surface area contributed by atoms with Gasteiger partial charge >= 0.3 is 33.3 Å². The van der Waals surface area contributed by atoms with Crippen molar-refractivity contribution in [1.82, 2.24) is 9.55 Å². The highest BCUT2D eigenvalue weighted by Gasteiger charge is 2.46. The first-order valence-electron chi connectivity index (χ1n) is 25.4. The van der Waals surface area contributed by atoms with Gasteiger partial charge in [-0.15, -0.1) is 0 Å². The van der Waals surface area contributed by atoms with Crippen molar-refractivity contribution in [3.05, 3.63) is 120 Å². The number of allylic oxidation sites excluding steroid dienone is 14. The minimum Gasteiger partial charge on any atom is -0.462 e. The first-order valence-corrected chi connectivity index (χ1v) is 28.4.